The molecule has 0 radical (unpaired) electrons. The Morgan fingerprint density at radius 3 is 2.96 bits per heavy atom. The number of carbonyl (C=O) groups excluding carboxylic acids is 1. The van der Waals surface area contributed by atoms with Crippen LogP contribution in [-0.2, 0) is 4.79 Å². The van der Waals surface area contributed by atoms with E-state index in [2.05, 4.69) is 5.32 Å². The summed E-state index contributed by atoms with van der Waals surface area (Å²) in [6.07, 6.45) is 0.326. The number of hydrogen-bond acceptors (Lipinski definition) is 6. The molecule has 1 unspecified atom stereocenters. The van der Waals surface area contributed by atoms with E-state index in [1.807, 2.05) is 24.3 Å². The van der Waals surface area contributed by atoms with Gasteiger partial charge in [0.2, 0.25) is 18.4 Å². The minimum absolute atomic E-state index is 0.0664. The van der Waals surface area contributed by atoms with E-state index in [1.54, 1.807) is 13.2 Å². The van der Waals surface area contributed by atoms with Crippen molar-refractivity contribution in [2.45, 2.75) is 12.3 Å². The molecule has 2 N–H and O–H groups in total. The van der Waals surface area contributed by atoms with Gasteiger partial charge in [0.05, 0.1) is 13.7 Å². The SMILES string of the molecule is COc1cc(C2CC(=O)Nc3cc(OCCO)ccc32)cc2c1OCO2. The zero-order valence-electron chi connectivity index (χ0n) is 14.3. The van der Waals surface area contributed by atoms with Gasteiger partial charge in [-0.15, -0.1) is 0 Å². The van der Waals surface area contributed by atoms with Crippen molar-refractivity contribution in [1.82, 2.24) is 0 Å². The number of nitrogens with one attached hydrogen (secondary N) is 1. The highest BCUT2D eigenvalue weighted by atomic mass is 16.7. The smallest absolute Gasteiger partial charge is 0.231 e. The maximum Gasteiger partial charge on any atom is 0.231 e. The molecular weight excluding hydrogens is 338 g/mol. The van der Waals surface area contributed by atoms with Gasteiger partial charge in [-0.05, 0) is 29.3 Å². The normalized spacial score (nSPS) is 17.5. The molecule has 26 heavy (non-hydrogen) atoms. The second kappa shape index (κ2) is 6.76. The van der Waals surface area contributed by atoms with Crippen molar-refractivity contribution in [3.8, 4) is 23.0 Å². The number of benzene rings is 2. The largest absolute Gasteiger partial charge is 0.493 e. The zero-order valence-corrected chi connectivity index (χ0v) is 14.3. The third-order valence-corrected chi connectivity index (χ3v) is 4.51. The minimum atomic E-state index is -0.131. The Morgan fingerprint density at radius 2 is 2.15 bits per heavy atom. The van der Waals surface area contributed by atoms with Gasteiger partial charge in [-0.3, -0.25) is 4.79 Å². The molecule has 0 fully saturated rings. The molecule has 2 aliphatic rings. The van der Waals surface area contributed by atoms with Crippen LogP contribution in [0.1, 0.15) is 23.5 Å². The maximum absolute atomic E-state index is 12.2. The average molecular weight is 357 g/mol. The fourth-order valence-electron chi connectivity index (χ4n) is 3.35. The fraction of sp³-hybridized carbons (Fsp3) is 0.316. The van der Waals surface area contributed by atoms with Crippen molar-refractivity contribution in [2.75, 3.05) is 32.4 Å². The Morgan fingerprint density at radius 1 is 1.27 bits per heavy atom. The first-order chi connectivity index (χ1) is 12.7. The molecule has 0 saturated heterocycles. The number of fused-ring (bicyclic) bond motifs is 2. The molecule has 2 heterocycles. The van der Waals surface area contributed by atoms with Crippen LogP contribution in [0.15, 0.2) is 30.3 Å². The van der Waals surface area contributed by atoms with Crippen molar-refractivity contribution < 1.29 is 28.8 Å². The van der Waals surface area contributed by atoms with Crippen LogP contribution >= 0.6 is 0 Å². The van der Waals surface area contributed by atoms with Gasteiger partial charge < -0.3 is 29.4 Å². The summed E-state index contributed by atoms with van der Waals surface area (Å²) in [5, 5.41) is 11.8. The standard InChI is InChI=1S/C19H19NO6/c1-23-16-6-11(7-17-19(16)26-10-25-17)14-9-18(22)20-15-8-12(24-5-4-21)2-3-13(14)15/h2-3,6-8,14,21H,4-5,9-10H2,1H3,(H,20,22). The van der Waals surface area contributed by atoms with Crippen LogP contribution in [0.4, 0.5) is 5.69 Å². The van der Waals surface area contributed by atoms with Gasteiger partial charge in [-0.25, -0.2) is 0 Å². The van der Waals surface area contributed by atoms with Crippen LogP contribution in [0.25, 0.3) is 0 Å². The summed E-state index contributed by atoms with van der Waals surface area (Å²) in [6.45, 7) is 0.293. The molecule has 2 aromatic rings. The monoisotopic (exact) mass is 357 g/mol. The predicted octanol–water partition coefficient (Wildman–Crippen LogP) is 2.27. The summed E-state index contributed by atoms with van der Waals surface area (Å²) in [4.78, 5) is 12.2. The zero-order chi connectivity index (χ0) is 18.1. The van der Waals surface area contributed by atoms with Crippen molar-refractivity contribution in [3.63, 3.8) is 0 Å². The van der Waals surface area contributed by atoms with Crippen molar-refractivity contribution >= 4 is 11.6 Å². The van der Waals surface area contributed by atoms with Crippen LogP contribution in [0.3, 0.4) is 0 Å². The number of methoxy groups -OCH3 is 1. The van der Waals surface area contributed by atoms with Gasteiger partial charge in [0.1, 0.15) is 12.4 Å². The number of anilines is 1. The first-order valence-corrected chi connectivity index (χ1v) is 8.34. The fourth-order valence-corrected chi connectivity index (χ4v) is 3.35. The molecule has 0 spiro atoms. The molecule has 0 aromatic heterocycles. The van der Waals surface area contributed by atoms with Crippen LogP contribution in [0.2, 0.25) is 0 Å². The average Bonchev–Trinajstić information content (AvgIpc) is 3.13. The highest BCUT2D eigenvalue weighted by Crippen LogP contribution is 2.46. The number of rotatable bonds is 5. The van der Waals surface area contributed by atoms with Gasteiger partial charge in [0, 0.05) is 24.1 Å². The van der Waals surface area contributed by atoms with E-state index >= 15 is 0 Å². The Bertz CT molecular complexity index is 850. The Labute approximate surface area is 150 Å². The summed E-state index contributed by atoms with van der Waals surface area (Å²) >= 11 is 0. The van der Waals surface area contributed by atoms with E-state index in [1.165, 1.54) is 0 Å². The lowest BCUT2D eigenvalue weighted by atomic mass is 9.84. The summed E-state index contributed by atoms with van der Waals surface area (Å²) in [5.41, 5.74) is 2.62. The number of aliphatic hydroxyl groups excluding tert-OH is 1. The Balaban J connectivity index is 1.73. The number of ether oxygens (including phenoxy) is 4. The van der Waals surface area contributed by atoms with Crippen molar-refractivity contribution in [3.05, 3.63) is 41.5 Å². The van der Waals surface area contributed by atoms with Crippen molar-refractivity contribution in [2.24, 2.45) is 0 Å². The van der Waals surface area contributed by atoms with E-state index in [0.717, 1.165) is 11.1 Å². The number of amides is 1. The maximum atomic E-state index is 12.2. The summed E-state index contributed by atoms with van der Waals surface area (Å²) < 4.78 is 21.8. The molecule has 4 rings (SSSR count). The number of carbonyl (C=O) groups is 1. The highest BCUT2D eigenvalue weighted by Gasteiger charge is 2.30. The number of hydrogen-bond donors (Lipinski definition) is 2. The van der Waals surface area contributed by atoms with E-state index < -0.39 is 0 Å². The molecule has 0 bridgehead atoms. The second-order valence-electron chi connectivity index (χ2n) is 6.08. The van der Waals surface area contributed by atoms with Gasteiger partial charge >= 0.3 is 0 Å². The molecule has 0 aliphatic carbocycles. The summed E-state index contributed by atoms with van der Waals surface area (Å²) in [5.74, 6) is 2.19. The number of aliphatic hydroxyl groups is 1. The first kappa shape index (κ1) is 16.5. The Hall–Kier alpha value is -2.93. The topological polar surface area (TPSA) is 86.3 Å². The van der Waals surface area contributed by atoms with Crippen LogP contribution in [-0.4, -0.2) is 38.1 Å². The lowest BCUT2D eigenvalue weighted by Gasteiger charge is -2.27. The molecular formula is C19H19NO6. The first-order valence-electron chi connectivity index (χ1n) is 8.34. The second-order valence-corrected chi connectivity index (χ2v) is 6.08. The molecule has 2 aromatic carbocycles. The molecule has 7 heteroatoms. The van der Waals surface area contributed by atoms with Gasteiger partial charge in [0.25, 0.3) is 0 Å². The van der Waals surface area contributed by atoms with Crippen molar-refractivity contribution in [1.29, 1.82) is 0 Å². The van der Waals surface area contributed by atoms with Crippen LogP contribution < -0.4 is 24.3 Å². The lowest BCUT2D eigenvalue weighted by molar-refractivity contribution is -0.116. The third-order valence-electron chi connectivity index (χ3n) is 4.51. The van der Waals surface area contributed by atoms with Gasteiger partial charge in [0.15, 0.2) is 11.5 Å². The van der Waals surface area contributed by atoms with E-state index in [9.17, 15) is 4.79 Å². The molecule has 1 atom stereocenters. The van der Waals surface area contributed by atoms with Gasteiger partial charge in [-0.1, -0.05) is 6.07 Å². The lowest BCUT2D eigenvalue weighted by Crippen LogP contribution is -2.23. The molecule has 2 aliphatic heterocycles. The van der Waals surface area contributed by atoms with Crippen LogP contribution in [0.5, 0.6) is 23.0 Å². The third kappa shape index (κ3) is 2.90. The Kier molecular flexibility index (Phi) is 4.30. The van der Waals surface area contributed by atoms with E-state index in [0.29, 0.717) is 35.1 Å². The molecule has 136 valence electrons. The molecule has 0 saturated carbocycles. The minimum Gasteiger partial charge on any atom is -0.493 e. The molecule has 7 nitrogen and oxygen atoms in total. The summed E-state index contributed by atoms with van der Waals surface area (Å²) in [7, 11) is 1.58. The van der Waals surface area contributed by atoms with E-state index in [4.69, 9.17) is 24.1 Å². The molecule has 1 amide bonds. The predicted molar refractivity (Wildman–Crippen MR) is 93.2 cm³/mol. The highest BCUT2D eigenvalue weighted by molar-refractivity contribution is 5.95. The van der Waals surface area contributed by atoms with E-state index in [-0.39, 0.29) is 31.8 Å². The van der Waals surface area contributed by atoms with Gasteiger partial charge in [-0.2, -0.15) is 0 Å². The quantitative estimate of drug-likeness (QED) is 0.854. The van der Waals surface area contributed by atoms with Crippen LogP contribution in [0, 0.1) is 0 Å². The summed E-state index contributed by atoms with van der Waals surface area (Å²) in [6, 6.07) is 9.33.